The largest absolute Gasteiger partial charge is 0.394 e. The molecule has 0 rings (SSSR count). The van der Waals surface area contributed by atoms with E-state index in [1.807, 2.05) is 6.08 Å². The van der Waals surface area contributed by atoms with Gasteiger partial charge in [-0.3, -0.25) is 4.79 Å². The summed E-state index contributed by atoms with van der Waals surface area (Å²) in [6.07, 6.45) is 64.7. The molecule has 0 saturated heterocycles. The number of amides is 1. The summed E-state index contributed by atoms with van der Waals surface area (Å²) in [7, 11) is 0. The molecule has 3 N–H and O–H groups in total. The predicted molar refractivity (Wildman–Crippen MR) is 253 cm³/mol. The normalized spacial score (nSPS) is 13.0. The number of aliphatic hydroxyl groups excluding tert-OH is 2. The van der Waals surface area contributed by atoms with Crippen LogP contribution < -0.4 is 5.32 Å². The zero-order valence-electron chi connectivity index (χ0n) is 38.9. The lowest BCUT2D eigenvalue weighted by Gasteiger charge is -2.19. The fourth-order valence-corrected chi connectivity index (χ4v) is 8.20. The third-order valence-electron chi connectivity index (χ3n) is 12.2. The van der Waals surface area contributed by atoms with E-state index in [1.54, 1.807) is 6.08 Å². The van der Waals surface area contributed by atoms with Gasteiger partial charge in [-0.1, -0.05) is 276 Å². The number of unbranched alkanes of at least 4 members (excludes halogenated alkanes) is 39. The first-order valence-electron chi connectivity index (χ1n) is 26.1. The summed E-state index contributed by atoms with van der Waals surface area (Å²) < 4.78 is 0. The molecule has 0 aromatic heterocycles. The minimum atomic E-state index is -0.859. The van der Waals surface area contributed by atoms with Gasteiger partial charge in [-0.25, -0.2) is 0 Å². The smallest absolute Gasteiger partial charge is 0.220 e. The van der Waals surface area contributed by atoms with Crippen LogP contribution in [0.1, 0.15) is 290 Å². The lowest BCUT2D eigenvalue weighted by atomic mass is 10.0. The van der Waals surface area contributed by atoms with E-state index in [-0.39, 0.29) is 12.5 Å². The van der Waals surface area contributed by atoms with Gasteiger partial charge in [-0.2, -0.15) is 0 Å². The maximum absolute atomic E-state index is 12.4. The number of aliphatic hydroxyl groups is 2. The van der Waals surface area contributed by atoms with Gasteiger partial charge in [-0.15, -0.1) is 0 Å². The number of carbonyl (C=O) groups excluding carboxylic acids is 1. The maximum Gasteiger partial charge on any atom is 0.220 e. The van der Waals surface area contributed by atoms with Gasteiger partial charge in [0, 0.05) is 6.42 Å². The molecule has 0 bridgehead atoms. The Morgan fingerprint density at radius 2 is 0.684 bits per heavy atom. The molecular weight excluding hydrogens is 699 g/mol. The average molecular weight is 802 g/mol. The van der Waals surface area contributed by atoms with Crippen LogP contribution >= 0.6 is 0 Å². The lowest BCUT2D eigenvalue weighted by molar-refractivity contribution is -0.123. The minimum Gasteiger partial charge on any atom is -0.394 e. The van der Waals surface area contributed by atoms with Crippen molar-refractivity contribution in [3.8, 4) is 0 Å². The van der Waals surface area contributed by atoms with Crippen molar-refractivity contribution >= 4 is 5.91 Å². The Morgan fingerprint density at radius 3 is 1.02 bits per heavy atom. The molecule has 2 atom stereocenters. The topological polar surface area (TPSA) is 69.6 Å². The van der Waals surface area contributed by atoms with Crippen LogP contribution in [0.2, 0.25) is 0 Å². The van der Waals surface area contributed by atoms with Crippen LogP contribution in [0.4, 0.5) is 0 Å². The monoisotopic (exact) mass is 802 g/mol. The minimum absolute atomic E-state index is 0.0676. The molecule has 0 radical (unpaired) electrons. The molecule has 1 amide bonds. The molecule has 0 fully saturated rings. The van der Waals surface area contributed by atoms with E-state index in [9.17, 15) is 15.0 Å². The Labute approximate surface area is 358 Å². The van der Waals surface area contributed by atoms with Gasteiger partial charge in [0.25, 0.3) is 0 Å². The molecule has 4 nitrogen and oxygen atoms in total. The molecule has 0 aromatic rings. The van der Waals surface area contributed by atoms with Crippen molar-refractivity contribution in [2.75, 3.05) is 6.61 Å². The third kappa shape index (κ3) is 45.8. The fraction of sp³-hybridized carbons (Fsp3) is 0.906. The van der Waals surface area contributed by atoms with Crippen molar-refractivity contribution in [2.45, 2.75) is 302 Å². The Hall–Kier alpha value is -1.13. The Morgan fingerprint density at radius 1 is 0.404 bits per heavy atom. The van der Waals surface area contributed by atoms with Gasteiger partial charge in [0.2, 0.25) is 5.91 Å². The second-order valence-corrected chi connectivity index (χ2v) is 17.9. The molecule has 0 saturated carbocycles. The highest BCUT2D eigenvalue weighted by Crippen LogP contribution is 2.17. The van der Waals surface area contributed by atoms with Crippen molar-refractivity contribution in [3.63, 3.8) is 0 Å². The first-order chi connectivity index (χ1) is 28.2. The number of allylic oxidation sites excluding steroid dienone is 3. The number of nitrogens with one attached hydrogen (secondary N) is 1. The van der Waals surface area contributed by atoms with Gasteiger partial charge in [0.15, 0.2) is 0 Å². The maximum atomic E-state index is 12.4. The van der Waals surface area contributed by atoms with Crippen LogP contribution in [0.5, 0.6) is 0 Å². The molecular formula is C53H103NO3. The third-order valence-corrected chi connectivity index (χ3v) is 12.2. The van der Waals surface area contributed by atoms with Crippen LogP contribution in [0.3, 0.4) is 0 Å². The van der Waals surface area contributed by atoms with Crippen LogP contribution in [-0.4, -0.2) is 34.9 Å². The van der Waals surface area contributed by atoms with E-state index < -0.39 is 12.1 Å². The molecule has 57 heavy (non-hydrogen) atoms. The quantitative estimate of drug-likeness (QED) is 0.0424. The van der Waals surface area contributed by atoms with Crippen molar-refractivity contribution < 1.29 is 15.0 Å². The molecule has 0 aromatic carbocycles. The number of carbonyl (C=O) groups is 1. The van der Waals surface area contributed by atoms with Gasteiger partial charge < -0.3 is 15.5 Å². The van der Waals surface area contributed by atoms with Crippen molar-refractivity contribution in [1.82, 2.24) is 5.32 Å². The lowest BCUT2D eigenvalue weighted by Crippen LogP contribution is -2.45. The highest BCUT2D eigenvalue weighted by molar-refractivity contribution is 5.76. The molecule has 2 unspecified atom stereocenters. The Balaban J connectivity index is 3.52. The Bertz CT molecular complexity index is 825. The van der Waals surface area contributed by atoms with E-state index in [0.717, 1.165) is 32.1 Å². The summed E-state index contributed by atoms with van der Waals surface area (Å²) in [6.45, 7) is 4.33. The molecule has 4 heteroatoms. The number of hydrogen-bond acceptors (Lipinski definition) is 3. The van der Waals surface area contributed by atoms with Gasteiger partial charge >= 0.3 is 0 Å². The van der Waals surface area contributed by atoms with Gasteiger partial charge in [0.05, 0.1) is 18.8 Å². The Kier molecular flexibility index (Phi) is 48.3. The van der Waals surface area contributed by atoms with Crippen LogP contribution in [-0.2, 0) is 4.79 Å². The summed E-state index contributed by atoms with van der Waals surface area (Å²) in [5.41, 5.74) is 0. The zero-order valence-corrected chi connectivity index (χ0v) is 38.9. The highest BCUT2D eigenvalue weighted by Gasteiger charge is 2.17. The summed E-state index contributed by atoms with van der Waals surface area (Å²) in [6, 6.07) is -0.635. The van der Waals surface area contributed by atoms with E-state index in [1.165, 1.54) is 238 Å². The van der Waals surface area contributed by atoms with Crippen molar-refractivity contribution in [3.05, 3.63) is 24.3 Å². The highest BCUT2D eigenvalue weighted by atomic mass is 16.3. The molecule has 0 aliphatic carbocycles. The van der Waals surface area contributed by atoms with Crippen molar-refractivity contribution in [1.29, 1.82) is 0 Å². The zero-order chi connectivity index (χ0) is 41.4. The number of hydrogen-bond donors (Lipinski definition) is 3. The average Bonchev–Trinajstić information content (AvgIpc) is 3.22. The molecule has 0 heterocycles. The molecule has 0 spiro atoms. The first kappa shape index (κ1) is 55.9. The second-order valence-electron chi connectivity index (χ2n) is 17.9. The molecule has 0 aliphatic rings. The van der Waals surface area contributed by atoms with Gasteiger partial charge in [-0.05, 0) is 32.1 Å². The van der Waals surface area contributed by atoms with E-state index in [4.69, 9.17) is 0 Å². The van der Waals surface area contributed by atoms with E-state index in [2.05, 4.69) is 31.3 Å². The van der Waals surface area contributed by atoms with Crippen LogP contribution in [0.25, 0.3) is 0 Å². The molecule has 0 aliphatic heterocycles. The molecule has 338 valence electrons. The summed E-state index contributed by atoms with van der Waals surface area (Å²) in [5.74, 6) is -0.0676. The van der Waals surface area contributed by atoms with Crippen molar-refractivity contribution in [2.24, 2.45) is 0 Å². The summed E-state index contributed by atoms with van der Waals surface area (Å²) >= 11 is 0. The van der Waals surface area contributed by atoms with Crippen LogP contribution in [0.15, 0.2) is 24.3 Å². The van der Waals surface area contributed by atoms with Crippen LogP contribution in [0, 0.1) is 0 Å². The summed E-state index contributed by atoms with van der Waals surface area (Å²) in [4.78, 5) is 12.4. The van der Waals surface area contributed by atoms with E-state index >= 15 is 0 Å². The predicted octanol–water partition coefficient (Wildman–Crippen LogP) is 16.8. The van der Waals surface area contributed by atoms with E-state index in [0.29, 0.717) is 6.42 Å². The number of rotatable bonds is 48. The first-order valence-corrected chi connectivity index (χ1v) is 26.1. The second kappa shape index (κ2) is 49.2. The fourth-order valence-electron chi connectivity index (χ4n) is 8.20. The SMILES string of the molecule is CCCCCCCCCCCCCCCCCCC/C=C/CC/C=C/C(O)C(CO)NC(=O)CCCCCCCCCCCCCCCCCCCCCCCC. The summed E-state index contributed by atoms with van der Waals surface area (Å²) in [5, 5.41) is 23.1. The van der Waals surface area contributed by atoms with Gasteiger partial charge in [0.1, 0.15) is 0 Å². The standard InChI is InChI=1S/C53H103NO3/c1-3-5-7-9-11-13-15-17-19-21-23-25-27-28-30-32-34-36-38-40-42-44-46-48-52(56)51(50-55)54-53(57)49-47-45-43-41-39-37-35-33-31-29-26-24-22-20-18-16-14-12-10-8-6-4-2/h38,40,46,48,51-52,55-56H,3-37,39,41-45,47,49-50H2,1-2H3,(H,54,57)/b40-38+,48-46+.